The third kappa shape index (κ3) is 6.26. The second-order valence-corrected chi connectivity index (χ2v) is 11.4. The summed E-state index contributed by atoms with van der Waals surface area (Å²) in [5, 5.41) is 5.23. The lowest BCUT2D eigenvalue weighted by Crippen LogP contribution is -2.37. The van der Waals surface area contributed by atoms with Crippen LogP contribution in [0.5, 0.6) is 0 Å². The molecule has 6 heteroatoms. The first kappa shape index (κ1) is 25.5. The number of allylic oxidation sites excluding steroid dienone is 2. The summed E-state index contributed by atoms with van der Waals surface area (Å²) in [6.07, 6.45) is 8.21. The number of aryl methyl sites for hydroxylation is 1. The normalized spacial score (nSPS) is 18.2. The van der Waals surface area contributed by atoms with Gasteiger partial charge in [0, 0.05) is 20.2 Å². The summed E-state index contributed by atoms with van der Waals surface area (Å²) >= 11 is 0. The molecule has 2 aromatic rings. The lowest BCUT2D eigenvalue weighted by Gasteiger charge is -2.22. The van der Waals surface area contributed by atoms with E-state index in [2.05, 4.69) is 48.7 Å². The Bertz CT molecular complexity index is 1230. The van der Waals surface area contributed by atoms with Gasteiger partial charge in [-0.1, -0.05) is 56.5 Å². The minimum absolute atomic E-state index is 0.000552. The molecule has 3 unspecified atom stereocenters. The molecule has 0 saturated carbocycles. The van der Waals surface area contributed by atoms with E-state index in [1.54, 1.807) is 31.2 Å². The van der Waals surface area contributed by atoms with Crippen LogP contribution in [0, 0.1) is 11.7 Å². The quantitative estimate of drug-likeness (QED) is 0.358. The van der Waals surface area contributed by atoms with Crippen LogP contribution in [0.1, 0.15) is 37.0 Å². The Morgan fingerprint density at radius 2 is 2.00 bits per heavy atom. The second kappa shape index (κ2) is 10.9. The Kier molecular flexibility index (Phi) is 8.15. The van der Waals surface area contributed by atoms with Gasteiger partial charge in [-0.15, -0.1) is 0 Å². The highest BCUT2D eigenvalue weighted by Gasteiger charge is 2.18. The molecule has 0 heterocycles. The zero-order valence-corrected chi connectivity index (χ0v) is 20.7. The standard InChI is InChI=1S/C28H33FN2O2S/c1-6-8-22(7-2)20(4)30-28(32)31-27-14-13-25(17-26(27)29)34(5,33)18-21-10-12-23-15-19(3)9-11-24(23)16-21/h6-8,10,12-14,16-17,19-20H,1-2,5,9,11,15,18H2,3-4H3,(H2,30,31,32)/b22-8+. The average molecular weight is 481 g/mol. The minimum atomic E-state index is -2.75. The van der Waals surface area contributed by atoms with E-state index >= 15 is 0 Å². The molecule has 0 fully saturated rings. The van der Waals surface area contributed by atoms with Gasteiger partial charge in [-0.3, -0.25) is 4.21 Å². The maximum absolute atomic E-state index is 14.8. The monoisotopic (exact) mass is 480 g/mol. The number of rotatable bonds is 8. The van der Waals surface area contributed by atoms with E-state index in [-0.39, 0.29) is 17.5 Å². The number of carbonyl (C=O) groups excluding carboxylic acids is 1. The number of halogens is 1. The molecule has 0 aliphatic heterocycles. The molecule has 0 aromatic heterocycles. The summed E-state index contributed by atoms with van der Waals surface area (Å²) in [6, 6.07) is 9.50. The predicted molar refractivity (Wildman–Crippen MR) is 141 cm³/mol. The molecular formula is C28H33FN2O2S. The fourth-order valence-corrected chi connectivity index (χ4v) is 5.74. The van der Waals surface area contributed by atoms with Crippen molar-refractivity contribution >= 4 is 27.1 Å². The van der Waals surface area contributed by atoms with E-state index in [4.69, 9.17) is 0 Å². The van der Waals surface area contributed by atoms with Crippen LogP contribution in [0.3, 0.4) is 0 Å². The van der Waals surface area contributed by atoms with E-state index in [0.717, 1.165) is 30.4 Å². The molecule has 2 N–H and O–H groups in total. The Hall–Kier alpha value is -3.12. The summed E-state index contributed by atoms with van der Waals surface area (Å²) in [6.45, 7) is 11.4. The molecule has 0 radical (unpaired) electrons. The highest BCUT2D eigenvalue weighted by Crippen LogP contribution is 2.28. The first-order chi connectivity index (χ1) is 16.1. The number of carbonyl (C=O) groups is 1. The molecule has 0 bridgehead atoms. The summed E-state index contributed by atoms with van der Waals surface area (Å²) < 4.78 is 28.2. The van der Waals surface area contributed by atoms with Gasteiger partial charge in [0.05, 0.1) is 11.7 Å². The summed E-state index contributed by atoms with van der Waals surface area (Å²) in [5.41, 5.74) is 4.37. The average Bonchev–Trinajstić information content (AvgIpc) is 2.78. The molecule has 34 heavy (non-hydrogen) atoms. The van der Waals surface area contributed by atoms with Gasteiger partial charge in [-0.25, -0.2) is 9.18 Å². The summed E-state index contributed by atoms with van der Waals surface area (Å²) in [4.78, 5) is 12.6. The van der Waals surface area contributed by atoms with Crippen LogP contribution in [-0.4, -0.2) is 22.2 Å². The van der Waals surface area contributed by atoms with Crippen molar-refractivity contribution in [2.24, 2.45) is 5.92 Å². The van der Waals surface area contributed by atoms with Gasteiger partial charge in [0.25, 0.3) is 0 Å². The van der Waals surface area contributed by atoms with Crippen molar-refractivity contribution in [3.05, 3.63) is 95.9 Å². The number of anilines is 1. The number of hydrogen-bond acceptors (Lipinski definition) is 2. The molecule has 0 spiro atoms. The van der Waals surface area contributed by atoms with Crippen LogP contribution in [0.4, 0.5) is 14.9 Å². The Labute approximate surface area is 202 Å². The zero-order chi connectivity index (χ0) is 24.9. The maximum atomic E-state index is 14.8. The Morgan fingerprint density at radius 1 is 1.24 bits per heavy atom. The first-order valence-corrected chi connectivity index (χ1v) is 13.3. The van der Waals surface area contributed by atoms with E-state index in [1.807, 2.05) is 6.07 Å². The topological polar surface area (TPSA) is 58.2 Å². The largest absolute Gasteiger partial charge is 0.331 e. The number of benzene rings is 2. The number of urea groups is 1. The molecule has 3 rings (SSSR count). The number of fused-ring (bicyclic) bond motifs is 1. The summed E-state index contributed by atoms with van der Waals surface area (Å²) in [5.74, 6) is 4.17. The number of amides is 2. The highest BCUT2D eigenvalue weighted by atomic mass is 32.2. The third-order valence-electron chi connectivity index (χ3n) is 6.16. The Morgan fingerprint density at radius 3 is 2.68 bits per heavy atom. The first-order valence-electron chi connectivity index (χ1n) is 11.4. The summed E-state index contributed by atoms with van der Waals surface area (Å²) in [7, 11) is -2.75. The van der Waals surface area contributed by atoms with Crippen molar-refractivity contribution in [2.75, 3.05) is 5.32 Å². The van der Waals surface area contributed by atoms with Crippen molar-refractivity contribution in [1.29, 1.82) is 0 Å². The molecule has 4 nitrogen and oxygen atoms in total. The third-order valence-corrected chi connectivity index (χ3v) is 8.07. The van der Waals surface area contributed by atoms with Crippen molar-refractivity contribution in [1.82, 2.24) is 5.32 Å². The molecular weight excluding hydrogens is 447 g/mol. The van der Waals surface area contributed by atoms with Crippen molar-refractivity contribution in [3.63, 3.8) is 0 Å². The van der Waals surface area contributed by atoms with E-state index in [9.17, 15) is 13.4 Å². The lowest BCUT2D eigenvalue weighted by atomic mass is 9.84. The molecule has 1 aliphatic rings. The van der Waals surface area contributed by atoms with Crippen LogP contribution in [0.25, 0.3) is 0 Å². The van der Waals surface area contributed by atoms with Crippen molar-refractivity contribution in [2.45, 2.75) is 49.8 Å². The van der Waals surface area contributed by atoms with Crippen molar-refractivity contribution in [3.8, 4) is 0 Å². The fraction of sp³-hybridized carbons (Fsp3) is 0.286. The minimum Gasteiger partial charge on any atom is -0.331 e. The fourth-order valence-electron chi connectivity index (χ4n) is 4.23. The van der Waals surface area contributed by atoms with Gasteiger partial charge in [0.15, 0.2) is 0 Å². The Balaban J connectivity index is 1.70. The second-order valence-electron chi connectivity index (χ2n) is 8.98. The lowest BCUT2D eigenvalue weighted by molar-refractivity contribution is 0.250. The van der Waals surface area contributed by atoms with Gasteiger partial charge in [0.2, 0.25) is 0 Å². The maximum Gasteiger partial charge on any atom is 0.319 e. The van der Waals surface area contributed by atoms with Gasteiger partial charge in [-0.05, 0) is 78.4 Å². The van der Waals surface area contributed by atoms with Crippen LogP contribution in [0.15, 0.2) is 78.3 Å². The highest BCUT2D eigenvalue weighted by molar-refractivity contribution is 7.99. The smallest absolute Gasteiger partial charge is 0.319 e. The molecule has 2 amide bonds. The molecule has 1 aliphatic carbocycles. The number of hydrogen-bond donors (Lipinski definition) is 2. The van der Waals surface area contributed by atoms with Gasteiger partial charge >= 0.3 is 6.03 Å². The predicted octanol–water partition coefficient (Wildman–Crippen LogP) is 6.03. The van der Waals surface area contributed by atoms with Gasteiger partial charge in [-0.2, -0.15) is 0 Å². The van der Waals surface area contributed by atoms with E-state index in [0.29, 0.717) is 10.8 Å². The van der Waals surface area contributed by atoms with Crippen LogP contribution in [-0.2, 0) is 28.1 Å². The molecule has 0 saturated heterocycles. The van der Waals surface area contributed by atoms with Crippen LogP contribution < -0.4 is 10.6 Å². The van der Waals surface area contributed by atoms with Crippen molar-refractivity contribution < 1.29 is 13.4 Å². The SMILES string of the molecule is C=C/C=C(\C=C)C(C)NC(=O)Nc1ccc(S(=C)(=O)Cc2ccc3c(c2)CCC(C)C3)cc1F. The molecule has 3 atom stereocenters. The zero-order valence-electron chi connectivity index (χ0n) is 19.9. The molecule has 2 aromatic carbocycles. The van der Waals surface area contributed by atoms with E-state index < -0.39 is 21.4 Å². The van der Waals surface area contributed by atoms with Gasteiger partial charge < -0.3 is 10.6 Å². The molecule has 180 valence electrons. The van der Waals surface area contributed by atoms with Gasteiger partial charge in [0.1, 0.15) is 5.82 Å². The van der Waals surface area contributed by atoms with E-state index in [1.165, 1.54) is 23.3 Å². The van der Waals surface area contributed by atoms with Crippen LogP contribution >= 0.6 is 0 Å². The van der Waals surface area contributed by atoms with Crippen LogP contribution in [0.2, 0.25) is 0 Å². The number of nitrogens with one attached hydrogen (secondary N) is 2.